The zero-order valence-corrected chi connectivity index (χ0v) is 11.6. The summed E-state index contributed by atoms with van der Waals surface area (Å²) in [5, 5.41) is 0. The highest BCUT2D eigenvalue weighted by molar-refractivity contribution is 5.46. The molecule has 2 rings (SSSR count). The van der Waals surface area contributed by atoms with Gasteiger partial charge in [-0.25, -0.2) is 13.2 Å². The van der Waals surface area contributed by atoms with E-state index in [0.29, 0.717) is 11.3 Å². The van der Waals surface area contributed by atoms with Crippen LogP contribution >= 0.6 is 0 Å². The van der Waals surface area contributed by atoms with E-state index in [2.05, 4.69) is 5.92 Å². The predicted octanol–water partition coefficient (Wildman–Crippen LogP) is 4.53. The van der Waals surface area contributed by atoms with Crippen LogP contribution in [-0.4, -0.2) is 7.11 Å². The van der Waals surface area contributed by atoms with Gasteiger partial charge in [-0.3, -0.25) is 0 Å². The molecule has 0 N–H and O–H groups in total. The number of ether oxygens (including phenoxy) is 1. The van der Waals surface area contributed by atoms with Crippen molar-refractivity contribution in [1.29, 1.82) is 0 Å². The average molecular weight is 330 g/mol. The van der Waals surface area contributed by atoms with E-state index < -0.39 is 34.8 Å². The number of benzene rings is 2. The van der Waals surface area contributed by atoms with Gasteiger partial charge < -0.3 is 4.74 Å². The van der Waals surface area contributed by atoms with Crippen molar-refractivity contribution < 1.29 is 31.1 Å². The van der Waals surface area contributed by atoms with Crippen molar-refractivity contribution in [2.24, 2.45) is 0 Å². The van der Waals surface area contributed by atoms with Gasteiger partial charge in [0.2, 0.25) is 0 Å². The van der Waals surface area contributed by atoms with Gasteiger partial charge in [0.05, 0.1) is 18.2 Å². The van der Waals surface area contributed by atoms with E-state index in [4.69, 9.17) is 4.74 Å². The summed E-state index contributed by atoms with van der Waals surface area (Å²) in [6.45, 7) is 0. The van der Waals surface area contributed by atoms with Gasteiger partial charge in [-0.1, -0.05) is 11.8 Å². The normalized spacial score (nSPS) is 10.9. The molecule has 23 heavy (non-hydrogen) atoms. The predicted molar refractivity (Wildman–Crippen MR) is 70.3 cm³/mol. The summed E-state index contributed by atoms with van der Waals surface area (Å²) in [5.41, 5.74) is -2.75. The fourth-order valence-electron chi connectivity index (χ4n) is 1.72. The highest BCUT2D eigenvalue weighted by Crippen LogP contribution is 2.34. The quantitative estimate of drug-likeness (QED) is 0.424. The second-order valence-corrected chi connectivity index (χ2v) is 4.39. The molecule has 0 unspecified atom stereocenters. The van der Waals surface area contributed by atoms with Crippen molar-refractivity contribution in [3.8, 4) is 17.6 Å². The molecule has 0 aliphatic heterocycles. The molecule has 2 aromatic rings. The van der Waals surface area contributed by atoms with Crippen molar-refractivity contribution in [2.75, 3.05) is 7.11 Å². The van der Waals surface area contributed by atoms with Crippen LogP contribution in [0.4, 0.5) is 26.3 Å². The second kappa shape index (κ2) is 6.24. The zero-order valence-electron chi connectivity index (χ0n) is 11.6. The van der Waals surface area contributed by atoms with Crippen molar-refractivity contribution in [2.45, 2.75) is 6.18 Å². The molecule has 120 valence electrons. The third-order valence-electron chi connectivity index (χ3n) is 2.89. The van der Waals surface area contributed by atoms with Crippen LogP contribution in [-0.2, 0) is 6.18 Å². The van der Waals surface area contributed by atoms with Crippen LogP contribution in [0.25, 0.3) is 0 Å². The standard InChI is InChI=1S/C16H8F6O/c1-23-10-5-2-9(3-6-10)4-7-11-13(17)8-12(16(20,21)22)15(19)14(11)18/h2-3,5-6,8H,1H3. The van der Waals surface area contributed by atoms with Gasteiger partial charge in [0, 0.05) is 5.56 Å². The first-order chi connectivity index (χ1) is 10.7. The Hall–Kier alpha value is -2.62. The lowest BCUT2D eigenvalue weighted by atomic mass is 10.1. The maximum Gasteiger partial charge on any atom is 0.419 e. The second-order valence-electron chi connectivity index (χ2n) is 4.39. The lowest BCUT2D eigenvalue weighted by Crippen LogP contribution is -2.12. The fraction of sp³-hybridized carbons (Fsp3) is 0.125. The summed E-state index contributed by atoms with van der Waals surface area (Å²) < 4.78 is 82.9. The first-order valence-corrected chi connectivity index (χ1v) is 6.14. The molecule has 0 amide bonds. The molecule has 0 radical (unpaired) electrons. The van der Waals surface area contributed by atoms with Crippen LogP contribution in [0.5, 0.6) is 5.75 Å². The minimum Gasteiger partial charge on any atom is -0.497 e. The molecular formula is C16H8F6O. The average Bonchev–Trinajstić information content (AvgIpc) is 2.50. The Morgan fingerprint density at radius 2 is 1.52 bits per heavy atom. The highest BCUT2D eigenvalue weighted by Gasteiger charge is 2.37. The Morgan fingerprint density at radius 3 is 2.04 bits per heavy atom. The van der Waals surface area contributed by atoms with Gasteiger partial charge in [0.1, 0.15) is 11.6 Å². The van der Waals surface area contributed by atoms with Crippen molar-refractivity contribution in [1.82, 2.24) is 0 Å². The lowest BCUT2D eigenvalue weighted by molar-refractivity contribution is -0.140. The first kappa shape index (κ1) is 16.7. The van der Waals surface area contributed by atoms with Crippen molar-refractivity contribution >= 4 is 0 Å². The summed E-state index contributed by atoms with van der Waals surface area (Å²) in [6.07, 6.45) is -5.20. The Kier molecular flexibility index (Phi) is 4.55. The number of hydrogen-bond donors (Lipinski definition) is 0. The number of rotatable bonds is 1. The van der Waals surface area contributed by atoms with Gasteiger partial charge in [0.25, 0.3) is 0 Å². The van der Waals surface area contributed by atoms with Crippen LogP contribution < -0.4 is 4.74 Å². The van der Waals surface area contributed by atoms with Crippen LogP contribution in [0, 0.1) is 29.3 Å². The number of alkyl halides is 3. The third-order valence-corrected chi connectivity index (χ3v) is 2.89. The third kappa shape index (κ3) is 3.59. The number of methoxy groups -OCH3 is 1. The molecule has 0 bridgehead atoms. The molecule has 0 heterocycles. The van der Waals surface area contributed by atoms with Crippen LogP contribution in [0.15, 0.2) is 30.3 Å². The Labute approximate surface area is 127 Å². The summed E-state index contributed by atoms with van der Waals surface area (Å²) >= 11 is 0. The molecule has 0 aliphatic carbocycles. The van der Waals surface area contributed by atoms with E-state index in [1.54, 1.807) is 0 Å². The molecule has 0 saturated carbocycles. The van der Waals surface area contributed by atoms with E-state index >= 15 is 0 Å². The SMILES string of the molecule is COc1ccc(C#Cc2c(F)cc(C(F)(F)F)c(F)c2F)cc1. The fourth-order valence-corrected chi connectivity index (χ4v) is 1.72. The largest absolute Gasteiger partial charge is 0.497 e. The molecule has 0 saturated heterocycles. The number of hydrogen-bond acceptors (Lipinski definition) is 1. The van der Waals surface area contributed by atoms with Crippen LogP contribution in [0.2, 0.25) is 0 Å². The van der Waals surface area contributed by atoms with Crippen LogP contribution in [0.1, 0.15) is 16.7 Å². The van der Waals surface area contributed by atoms with Crippen LogP contribution in [0.3, 0.4) is 0 Å². The smallest absolute Gasteiger partial charge is 0.419 e. The Bertz CT molecular complexity index is 781. The monoisotopic (exact) mass is 330 g/mol. The van der Waals surface area contributed by atoms with Crippen molar-refractivity contribution in [3.63, 3.8) is 0 Å². The molecule has 0 atom stereocenters. The number of halogens is 6. The first-order valence-electron chi connectivity index (χ1n) is 6.14. The minimum atomic E-state index is -5.20. The Balaban J connectivity index is 2.45. The molecule has 7 heteroatoms. The van der Waals surface area contributed by atoms with Gasteiger partial charge in [-0.15, -0.1) is 0 Å². The molecule has 1 nitrogen and oxygen atoms in total. The molecule has 0 aromatic heterocycles. The summed E-state index contributed by atoms with van der Waals surface area (Å²) in [7, 11) is 1.44. The summed E-state index contributed by atoms with van der Waals surface area (Å²) in [6, 6.07) is 5.90. The maximum absolute atomic E-state index is 13.6. The van der Waals surface area contributed by atoms with E-state index in [-0.39, 0.29) is 6.07 Å². The van der Waals surface area contributed by atoms with E-state index in [1.807, 2.05) is 5.92 Å². The zero-order chi connectivity index (χ0) is 17.2. The topological polar surface area (TPSA) is 9.23 Å². The van der Waals surface area contributed by atoms with Gasteiger partial charge in [-0.2, -0.15) is 13.2 Å². The molecule has 0 fully saturated rings. The van der Waals surface area contributed by atoms with Gasteiger partial charge in [-0.05, 0) is 30.3 Å². The van der Waals surface area contributed by atoms with Crippen molar-refractivity contribution in [3.05, 3.63) is 64.5 Å². The van der Waals surface area contributed by atoms with E-state index in [1.165, 1.54) is 31.4 Å². The molecule has 0 spiro atoms. The highest BCUT2D eigenvalue weighted by atomic mass is 19.4. The molecule has 2 aromatic carbocycles. The molecular weight excluding hydrogens is 322 g/mol. The lowest BCUT2D eigenvalue weighted by Gasteiger charge is -2.09. The van der Waals surface area contributed by atoms with E-state index in [9.17, 15) is 26.3 Å². The molecule has 0 aliphatic rings. The minimum absolute atomic E-state index is 0.115. The Morgan fingerprint density at radius 1 is 0.913 bits per heavy atom. The summed E-state index contributed by atoms with van der Waals surface area (Å²) in [4.78, 5) is 0. The maximum atomic E-state index is 13.6. The van der Waals surface area contributed by atoms with Gasteiger partial charge in [0.15, 0.2) is 11.6 Å². The summed E-state index contributed by atoms with van der Waals surface area (Å²) in [5.74, 6) is -0.868. The van der Waals surface area contributed by atoms with E-state index in [0.717, 1.165) is 0 Å². The van der Waals surface area contributed by atoms with Gasteiger partial charge >= 0.3 is 6.18 Å².